The van der Waals surface area contributed by atoms with Gasteiger partial charge in [0.2, 0.25) is 11.8 Å². The van der Waals surface area contributed by atoms with Crippen molar-refractivity contribution >= 4 is 46.6 Å². The highest BCUT2D eigenvalue weighted by Crippen LogP contribution is 2.34. The van der Waals surface area contributed by atoms with Crippen LogP contribution in [0.15, 0.2) is 53.4 Å². The topological polar surface area (TPSA) is 43.9 Å². The molecule has 0 spiro atoms. The molecular formula is C20H20ClN3O2S. The lowest BCUT2D eigenvalue weighted by molar-refractivity contribution is -0.131. The van der Waals surface area contributed by atoms with Crippen molar-refractivity contribution in [2.45, 2.75) is 4.90 Å². The summed E-state index contributed by atoms with van der Waals surface area (Å²) < 4.78 is 0. The van der Waals surface area contributed by atoms with Gasteiger partial charge in [-0.3, -0.25) is 9.59 Å². The third-order valence-electron chi connectivity index (χ3n) is 4.93. The van der Waals surface area contributed by atoms with E-state index in [9.17, 15) is 9.59 Å². The molecule has 0 N–H and O–H groups in total. The predicted octanol–water partition coefficient (Wildman–Crippen LogP) is 3.13. The van der Waals surface area contributed by atoms with Crippen LogP contribution >= 0.6 is 23.4 Å². The maximum absolute atomic E-state index is 12.8. The van der Waals surface area contributed by atoms with E-state index in [1.165, 1.54) is 11.8 Å². The SMILES string of the molecule is O=C(CN1C(=O)CSc2ccccc21)N1CCN(c2ccccc2Cl)CC1. The summed E-state index contributed by atoms with van der Waals surface area (Å²) in [7, 11) is 0. The molecule has 5 nitrogen and oxygen atoms in total. The number of carbonyl (C=O) groups excluding carboxylic acids is 2. The molecule has 0 unspecified atom stereocenters. The number of anilines is 2. The van der Waals surface area contributed by atoms with Gasteiger partial charge >= 0.3 is 0 Å². The van der Waals surface area contributed by atoms with E-state index in [2.05, 4.69) is 4.90 Å². The zero-order valence-electron chi connectivity index (χ0n) is 14.8. The Kier molecular flexibility index (Phi) is 5.27. The van der Waals surface area contributed by atoms with Crippen molar-refractivity contribution in [3.63, 3.8) is 0 Å². The molecule has 2 aliphatic rings. The minimum absolute atomic E-state index is 0.0103. The van der Waals surface area contributed by atoms with Crippen LogP contribution in [0.5, 0.6) is 0 Å². The highest BCUT2D eigenvalue weighted by atomic mass is 35.5. The lowest BCUT2D eigenvalue weighted by Gasteiger charge is -2.37. The Hall–Kier alpha value is -2.18. The number of benzene rings is 2. The van der Waals surface area contributed by atoms with Gasteiger partial charge in [-0.2, -0.15) is 0 Å². The number of thioether (sulfide) groups is 1. The number of hydrogen-bond donors (Lipinski definition) is 0. The summed E-state index contributed by atoms with van der Waals surface area (Å²) in [5.74, 6) is 0.357. The van der Waals surface area contributed by atoms with Gasteiger partial charge in [0, 0.05) is 31.1 Å². The summed E-state index contributed by atoms with van der Waals surface area (Å²) in [6.07, 6.45) is 0. The average Bonchev–Trinajstić information content (AvgIpc) is 2.70. The first-order chi connectivity index (χ1) is 13.1. The van der Waals surface area contributed by atoms with Gasteiger partial charge in [-0.05, 0) is 24.3 Å². The Bertz CT molecular complexity index is 868. The van der Waals surface area contributed by atoms with Gasteiger partial charge in [-0.1, -0.05) is 35.9 Å². The van der Waals surface area contributed by atoms with Crippen LogP contribution in [-0.2, 0) is 9.59 Å². The second-order valence-corrected chi connectivity index (χ2v) is 7.98. The third kappa shape index (κ3) is 3.77. The minimum Gasteiger partial charge on any atom is -0.367 e. The molecular weight excluding hydrogens is 382 g/mol. The molecule has 0 aromatic heterocycles. The molecule has 7 heteroatoms. The van der Waals surface area contributed by atoms with Crippen molar-refractivity contribution in [3.05, 3.63) is 53.6 Å². The molecule has 2 aliphatic heterocycles. The molecule has 0 aliphatic carbocycles. The maximum Gasteiger partial charge on any atom is 0.242 e. The van der Waals surface area contributed by atoms with Crippen molar-refractivity contribution in [1.82, 2.24) is 4.90 Å². The highest BCUT2D eigenvalue weighted by Gasteiger charge is 2.29. The van der Waals surface area contributed by atoms with Gasteiger partial charge in [0.25, 0.3) is 0 Å². The smallest absolute Gasteiger partial charge is 0.242 e. The van der Waals surface area contributed by atoms with E-state index in [4.69, 9.17) is 11.6 Å². The van der Waals surface area contributed by atoms with E-state index in [0.29, 0.717) is 18.8 Å². The summed E-state index contributed by atoms with van der Waals surface area (Å²) in [6.45, 7) is 2.82. The van der Waals surface area contributed by atoms with Gasteiger partial charge < -0.3 is 14.7 Å². The first-order valence-corrected chi connectivity index (χ1v) is 10.3. The molecule has 140 valence electrons. The molecule has 2 amide bonds. The molecule has 2 aromatic carbocycles. The number of rotatable bonds is 3. The zero-order chi connectivity index (χ0) is 18.8. The van der Waals surface area contributed by atoms with E-state index in [0.717, 1.165) is 34.4 Å². The molecule has 0 bridgehead atoms. The molecule has 0 atom stereocenters. The Balaban J connectivity index is 1.40. The number of para-hydroxylation sites is 2. The lowest BCUT2D eigenvalue weighted by Crippen LogP contribution is -2.52. The van der Waals surface area contributed by atoms with Crippen molar-refractivity contribution in [3.8, 4) is 0 Å². The van der Waals surface area contributed by atoms with Gasteiger partial charge in [0.05, 0.1) is 22.2 Å². The van der Waals surface area contributed by atoms with Crippen LogP contribution < -0.4 is 9.80 Å². The Morgan fingerprint density at radius 3 is 2.37 bits per heavy atom. The van der Waals surface area contributed by atoms with E-state index in [1.807, 2.05) is 53.4 Å². The third-order valence-corrected chi connectivity index (χ3v) is 6.29. The molecule has 27 heavy (non-hydrogen) atoms. The van der Waals surface area contributed by atoms with E-state index >= 15 is 0 Å². The monoisotopic (exact) mass is 401 g/mol. The van der Waals surface area contributed by atoms with E-state index < -0.39 is 0 Å². The fraction of sp³-hybridized carbons (Fsp3) is 0.300. The molecule has 2 heterocycles. The minimum atomic E-state index is -0.0123. The molecule has 0 radical (unpaired) electrons. The van der Waals surface area contributed by atoms with Crippen molar-refractivity contribution < 1.29 is 9.59 Å². The van der Waals surface area contributed by atoms with Crippen molar-refractivity contribution in [2.75, 3.05) is 48.3 Å². The highest BCUT2D eigenvalue weighted by molar-refractivity contribution is 8.00. The number of piperazine rings is 1. The fourth-order valence-electron chi connectivity index (χ4n) is 3.47. The molecule has 4 rings (SSSR count). The fourth-order valence-corrected chi connectivity index (χ4v) is 4.66. The van der Waals surface area contributed by atoms with Crippen LogP contribution in [0, 0.1) is 0 Å². The number of nitrogens with zero attached hydrogens (tertiary/aromatic N) is 3. The summed E-state index contributed by atoms with van der Waals surface area (Å²) in [5, 5.41) is 0.727. The van der Waals surface area contributed by atoms with Crippen LogP contribution in [0.3, 0.4) is 0 Å². The largest absolute Gasteiger partial charge is 0.367 e. The number of amides is 2. The first kappa shape index (κ1) is 18.2. The zero-order valence-corrected chi connectivity index (χ0v) is 16.4. The molecule has 0 saturated carbocycles. The first-order valence-electron chi connectivity index (χ1n) is 8.93. The van der Waals surface area contributed by atoms with Crippen molar-refractivity contribution in [1.29, 1.82) is 0 Å². The van der Waals surface area contributed by atoms with Crippen LogP contribution in [0.4, 0.5) is 11.4 Å². The summed E-state index contributed by atoms with van der Waals surface area (Å²) in [5.41, 5.74) is 1.84. The summed E-state index contributed by atoms with van der Waals surface area (Å²) >= 11 is 7.81. The number of hydrogen-bond acceptors (Lipinski definition) is 4. The normalized spacial score (nSPS) is 17.1. The second kappa shape index (κ2) is 7.82. The number of fused-ring (bicyclic) bond motifs is 1. The summed E-state index contributed by atoms with van der Waals surface area (Å²) in [4.78, 5) is 31.9. The second-order valence-electron chi connectivity index (χ2n) is 6.56. The van der Waals surface area contributed by atoms with Gasteiger partial charge in [0.1, 0.15) is 6.54 Å². The Morgan fingerprint density at radius 1 is 0.963 bits per heavy atom. The number of carbonyl (C=O) groups is 2. The molecule has 1 saturated heterocycles. The predicted molar refractivity (Wildman–Crippen MR) is 110 cm³/mol. The van der Waals surface area contributed by atoms with Gasteiger partial charge in [0.15, 0.2) is 0 Å². The molecule has 2 aromatic rings. The Labute approximate surface area is 167 Å². The number of halogens is 1. The van der Waals surface area contributed by atoms with Crippen LogP contribution in [0.2, 0.25) is 5.02 Å². The molecule has 1 fully saturated rings. The maximum atomic E-state index is 12.8. The average molecular weight is 402 g/mol. The van der Waals surface area contributed by atoms with Crippen molar-refractivity contribution in [2.24, 2.45) is 0 Å². The standard InChI is InChI=1S/C20H20ClN3O2S/c21-15-5-1-2-6-16(15)22-9-11-23(12-10-22)19(25)13-24-17-7-3-4-8-18(17)27-14-20(24)26/h1-8H,9-14H2. The van der Waals surface area contributed by atoms with E-state index in [-0.39, 0.29) is 18.4 Å². The van der Waals surface area contributed by atoms with E-state index in [1.54, 1.807) is 4.90 Å². The van der Waals surface area contributed by atoms with Crippen LogP contribution in [0.1, 0.15) is 0 Å². The quantitative estimate of drug-likeness (QED) is 0.792. The van der Waals surface area contributed by atoms with Gasteiger partial charge in [-0.15, -0.1) is 11.8 Å². The van der Waals surface area contributed by atoms with Gasteiger partial charge in [-0.25, -0.2) is 0 Å². The summed E-state index contributed by atoms with van der Waals surface area (Å²) in [6, 6.07) is 15.5. The lowest BCUT2D eigenvalue weighted by atomic mass is 10.2. The van der Waals surface area contributed by atoms with Crippen LogP contribution in [0.25, 0.3) is 0 Å². The Morgan fingerprint density at radius 2 is 1.63 bits per heavy atom. The van der Waals surface area contributed by atoms with Crippen LogP contribution in [-0.4, -0.2) is 55.2 Å².